The Kier molecular flexibility index (Phi) is 7.70. The number of benzene rings is 1. The van der Waals surface area contributed by atoms with Crippen molar-refractivity contribution in [1.82, 2.24) is 20.1 Å². The molecule has 2 aromatic rings. The largest absolute Gasteiger partial charge is 0.350 e. The van der Waals surface area contributed by atoms with Crippen molar-refractivity contribution in [3.8, 4) is 0 Å². The number of nitrogens with zero attached hydrogens (tertiary/aromatic N) is 3. The Morgan fingerprint density at radius 2 is 1.62 bits per heavy atom. The van der Waals surface area contributed by atoms with E-state index in [1.807, 2.05) is 0 Å². The maximum Gasteiger partial charge on any atom is 0.264 e. The molecule has 1 aromatic carbocycles. The van der Waals surface area contributed by atoms with Crippen LogP contribution in [-0.2, 0) is 4.79 Å². The molecule has 180 valence electrons. The minimum Gasteiger partial charge on any atom is -0.350 e. The van der Waals surface area contributed by atoms with Crippen LogP contribution in [0.15, 0.2) is 42.7 Å². The zero-order chi connectivity index (χ0) is 24.2. The van der Waals surface area contributed by atoms with E-state index in [1.54, 1.807) is 30.5 Å². The number of pyridine rings is 1. The molecule has 3 N–H and O–H groups in total. The van der Waals surface area contributed by atoms with Crippen LogP contribution in [0.25, 0.3) is 0 Å². The van der Waals surface area contributed by atoms with E-state index in [4.69, 9.17) is 28.9 Å². The molecular weight excluding hydrogens is 477 g/mol. The number of carbonyl (C=O) groups is 3. The molecule has 4 rings (SSSR count). The number of nitrogens with two attached hydrogens (primary N) is 1. The van der Waals surface area contributed by atoms with Gasteiger partial charge in [0.1, 0.15) is 0 Å². The van der Waals surface area contributed by atoms with E-state index in [-0.39, 0.29) is 28.9 Å². The third-order valence-electron chi connectivity index (χ3n) is 6.34. The molecule has 1 aromatic heterocycles. The van der Waals surface area contributed by atoms with Gasteiger partial charge in [0.05, 0.1) is 15.6 Å². The first-order valence-electron chi connectivity index (χ1n) is 11.4. The molecule has 0 radical (unpaired) electrons. The monoisotopic (exact) mass is 503 g/mol. The van der Waals surface area contributed by atoms with E-state index < -0.39 is 12.1 Å². The van der Waals surface area contributed by atoms with Gasteiger partial charge in [0.25, 0.3) is 17.7 Å². The molecule has 1 atom stereocenters. The maximum atomic E-state index is 13.6. The highest BCUT2D eigenvalue weighted by atomic mass is 35.5. The van der Waals surface area contributed by atoms with Gasteiger partial charge in [-0.2, -0.15) is 0 Å². The van der Waals surface area contributed by atoms with Crippen molar-refractivity contribution in [3.63, 3.8) is 0 Å². The summed E-state index contributed by atoms with van der Waals surface area (Å²) in [4.78, 5) is 47.3. The van der Waals surface area contributed by atoms with Gasteiger partial charge in [-0.3, -0.25) is 19.4 Å². The average molecular weight is 504 g/mol. The number of halogens is 2. The summed E-state index contributed by atoms with van der Waals surface area (Å²) in [5.41, 5.74) is 6.65. The lowest BCUT2D eigenvalue weighted by atomic mass is 9.91. The highest BCUT2D eigenvalue weighted by molar-refractivity contribution is 6.42. The number of carbonyl (C=O) groups excluding carboxylic acids is 3. The summed E-state index contributed by atoms with van der Waals surface area (Å²) in [5.74, 6) is -1.13. The Morgan fingerprint density at radius 1 is 0.941 bits per heavy atom. The van der Waals surface area contributed by atoms with Crippen molar-refractivity contribution in [2.45, 2.75) is 50.4 Å². The fraction of sp³-hybridized carbons (Fsp3) is 0.417. The summed E-state index contributed by atoms with van der Waals surface area (Å²) in [6.45, 7) is 0.663. The zero-order valence-electron chi connectivity index (χ0n) is 18.6. The number of rotatable bonds is 4. The van der Waals surface area contributed by atoms with Gasteiger partial charge in [0.15, 0.2) is 6.17 Å². The summed E-state index contributed by atoms with van der Waals surface area (Å²) >= 11 is 12.1. The fourth-order valence-electron chi connectivity index (χ4n) is 4.52. The first kappa shape index (κ1) is 24.4. The number of hydrogen-bond acceptors (Lipinski definition) is 5. The third-order valence-corrected chi connectivity index (χ3v) is 7.08. The predicted molar refractivity (Wildman–Crippen MR) is 130 cm³/mol. The summed E-state index contributed by atoms with van der Waals surface area (Å²) in [7, 11) is 0. The lowest BCUT2D eigenvalue weighted by Crippen LogP contribution is -2.64. The van der Waals surface area contributed by atoms with E-state index in [0.29, 0.717) is 35.7 Å². The molecule has 1 aliphatic carbocycles. The lowest BCUT2D eigenvalue weighted by Gasteiger charge is -2.43. The van der Waals surface area contributed by atoms with Crippen LogP contribution >= 0.6 is 23.2 Å². The second-order valence-corrected chi connectivity index (χ2v) is 9.53. The van der Waals surface area contributed by atoms with Crippen molar-refractivity contribution >= 4 is 40.9 Å². The number of aromatic nitrogens is 1. The van der Waals surface area contributed by atoms with Gasteiger partial charge in [-0.1, -0.05) is 23.2 Å². The van der Waals surface area contributed by atoms with Crippen molar-refractivity contribution in [1.29, 1.82) is 0 Å². The van der Waals surface area contributed by atoms with Crippen LogP contribution in [0.3, 0.4) is 0 Å². The molecule has 1 saturated carbocycles. The molecular formula is C24H27Cl2N5O3. The van der Waals surface area contributed by atoms with Crippen LogP contribution in [-0.4, -0.2) is 63.8 Å². The van der Waals surface area contributed by atoms with Gasteiger partial charge in [-0.05, 0) is 62.4 Å². The van der Waals surface area contributed by atoms with Crippen LogP contribution in [0.1, 0.15) is 52.8 Å². The number of nitrogens with one attached hydrogen (secondary N) is 1. The van der Waals surface area contributed by atoms with Gasteiger partial charge in [0, 0.05) is 43.1 Å². The van der Waals surface area contributed by atoms with Gasteiger partial charge in [0.2, 0.25) is 0 Å². The van der Waals surface area contributed by atoms with Crippen LogP contribution in [0.4, 0.5) is 0 Å². The molecule has 2 aliphatic rings. The smallest absolute Gasteiger partial charge is 0.264 e. The highest BCUT2D eigenvalue weighted by Crippen LogP contribution is 2.26. The summed E-state index contributed by atoms with van der Waals surface area (Å²) in [6, 6.07) is 7.98. The SMILES string of the molecule is NC1CCC(NC(=O)C2N(C(=O)c3cccnc3)CCCN2C(=O)c2ccc(Cl)c(Cl)c2)CC1. The van der Waals surface area contributed by atoms with Crippen molar-refractivity contribution in [2.75, 3.05) is 13.1 Å². The second kappa shape index (κ2) is 10.7. The Hall–Kier alpha value is -2.68. The summed E-state index contributed by atoms with van der Waals surface area (Å²) < 4.78 is 0. The summed E-state index contributed by atoms with van der Waals surface area (Å²) in [5, 5.41) is 3.63. The molecule has 2 fully saturated rings. The molecule has 10 heteroatoms. The van der Waals surface area contributed by atoms with E-state index in [0.717, 1.165) is 25.7 Å². The fourth-order valence-corrected chi connectivity index (χ4v) is 4.82. The Morgan fingerprint density at radius 3 is 2.24 bits per heavy atom. The predicted octanol–water partition coefficient (Wildman–Crippen LogP) is 3.09. The highest BCUT2D eigenvalue weighted by Gasteiger charge is 2.41. The maximum absolute atomic E-state index is 13.6. The Labute approximate surface area is 208 Å². The van der Waals surface area contributed by atoms with Crippen molar-refractivity contribution in [2.24, 2.45) is 5.73 Å². The van der Waals surface area contributed by atoms with Crippen molar-refractivity contribution < 1.29 is 14.4 Å². The molecule has 2 heterocycles. The van der Waals surface area contributed by atoms with E-state index in [9.17, 15) is 14.4 Å². The lowest BCUT2D eigenvalue weighted by molar-refractivity contribution is -0.133. The first-order chi connectivity index (χ1) is 16.3. The molecule has 0 bridgehead atoms. The molecule has 1 aliphatic heterocycles. The Bertz CT molecular complexity index is 1060. The molecule has 1 saturated heterocycles. The zero-order valence-corrected chi connectivity index (χ0v) is 20.1. The third kappa shape index (κ3) is 5.35. The average Bonchev–Trinajstić information content (AvgIpc) is 2.86. The second-order valence-electron chi connectivity index (χ2n) is 8.72. The van der Waals surface area contributed by atoms with E-state index >= 15 is 0 Å². The van der Waals surface area contributed by atoms with Gasteiger partial charge in [-0.25, -0.2) is 0 Å². The normalized spacial score (nSPS) is 22.9. The van der Waals surface area contributed by atoms with Crippen molar-refractivity contribution in [3.05, 3.63) is 63.9 Å². The molecule has 0 spiro atoms. The van der Waals surface area contributed by atoms with Crippen LogP contribution < -0.4 is 11.1 Å². The minimum atomic E-state index is -1.10. The van der Waals surface area contributed by atoms with Crippen LogP contribution in [0.5, 0.6) is 0 Å². The molecule has 8 nitrogen and oxygen atoms in total. The molecule has 34 heavy (non-hydrogen) atoms. The van der Waals surface area contributed by atoms with Crippen LogP contribution in [0, 0.1) is 0 Å². The van der Waals surface area contributed by atoms with E-state index in [2.05, 4.69) is 10.3 Å². The van der Waals surface area contributed by atoms with Gasteiger partial charge in [-0.15, -0.1) is 0 Å². The number of hydrogen-bond donors (Lipinski definition) is 2. The molecule has 3 amide bonds. The minimum absolute atomic E-state index is 0.0495. The van der Waals surface area contributed by atoms with Crippen LogP contribution in [0.2, 0.25) is 10.0 Å². The number of amides is 3. The quantitative estimate of drug-likeness (QED) is 0.666. The van der Waals surface area contributed by atoms with Gasteiger partial charge < -0.3 is 20.9 Å². The summed E-state index contributed by atoms with van der Waals surface area (Å²) in [6.07, 6.45) is 5.62. The molecule has 1 unspecified atom stereocenters. The Balaban J connectivity index is 1.64. The topological polar surface area (TPSA) is 109 Å². The standard InChI is InChI=1S/C24H27Cl2N5O3/c25-19-9-4-15(13-20(19)26)23(33)30-11-2-12-31(24(34)16-3-1-10-28-14-16)22(30)21(32)29-18-7-5-17(27)6-8-18/h1,3-4,9-10,13-14,17-18,22H,2,5-8,11-12,27H2,(H,29,32). The van der Waals surface area contributed by atoms with Gasteiger partial charge >= 0.3 is 0 Å². The van der Waals surface area contributed by atoms with E-state index in [1.165, 1.54) is 22.1 Å². The first-order valence-corrected chi connectivity index (χ1v) is 12.1.